The Labute approximate surface area is 180 Å². The fourth-order valence-electron chi connectivity index (χ4n) is 4.97. The summed E-state index contributed by atoms with van der Waals surface area (Å²) in [5.41, 5.74) is 3.75. The van der Waals surface area contributed by atoms with Crippen LogP contribution in [0.25, 0.3) is 11.1 Å². The van der Waals surface area contributed by atoms with E-state index in [-0.39, 0.29) is 12.1 Å². The number of benzene rings is 2. The molecular weight excluding hydrogens is 398 g/mol. The maximum absolute atomic E-state index is 13.4. The number of hydrogen-bond donors (Lipinski definition) is 2. The number of esters is 1. The molecule has 7 nitrogen and oxygen atoms in total. The Morgan fingerprint density at radius 1 is 0.903 bits per heavy atom. The summed E-state index contributed by atoms with van der Waals surface area (Å²) in [5, 5.41) is 14.8. The van der Waals surface area contributed by atoms with Gasteiger partial charge in [-0.25, -0.2) is 9.59 Å². The molecule has 0 unspecified atom stereocenters. The number of carbonyl (C=O) groups excluding carboxylic acids is 1. The molecule has 7 heteroatoms. The number of nitrogens with zero attached hydrogens (tertiary/aromatic N) is 1. The number of piperidine rings is 3. The summed E-state index contributed by atoms with van der Waals surface area (Å²) in [5.74, 6) is -3.21. The van der Waals surface area contributed by atoms with Crippen LogP contribution in [-0.2, 0) is 24.5 Å². The van der Waals surface area contributed by atoms with Crippen LogP contribution in [0, 0.1) is 5.92 Å². The molecule has 1 atom stereocenters. The van der Waals surface area contributed by atoms with Gasteiger partial charge in [-0.1, -0.05) is 48.5 Å². The molecule has 1 aliphatic carbocycles. The number of aliphatic carboxylic acids is 2. The molecule has 4 aliphatic rings. The third-order valence-corrected chi connectivity index (χ3v) is 6.67. The highest BCUT2D eigenvalue weighted by Crippen LogP contribution is 2.49. The molecule has 31 heavy (non-hydrogen) atoms. The van der Waals surface area contributed by atoms with Crippen molar-refractivity contribution in [2.24, 2.45) is 5.92 Å². The van der Waals surface area contributed by atoms with Crippen molar-refractivity contribution in [1.82, 2.24) is 4.90 Å². The van der Waals surface area contributed by atoms with Gasteiger partial charge in [-0.05, 0) is 61.0 Å². The monoisotopic (exact) mass is 423 g/mol. The van der Waals surface area contributed by atoms with E-state index in [2.05, 4.69) is 29.2 Å². The third kappa shape index (κ3) is 3.70. The summed E-state index contributed by atoms with van der Waals surface area (Å²) in [7, 11) is 0. The highest BCUT2D eigenvalue weighted by molar-refractivity contribution is 6.27. The third-order valence-electron chi connectivity index (χ3n) is 6.67. The highest BCUT2D eigenvalue weighted by atomic mass is 16.5. The van der Waals surface area contributed by atoms with Crippen molar-refractivity contribution in [2.75, 3.05) is 19.6 Å². The second-order valence-corrected chi connectivity index (χ2v) is 8.41. The van der Waals surface area contributed by atoms with Crippen LogP contribution in [0.5, 0.6) is 0 Å². The molecule has 3 heterocycles. The summed E-state index contributed by atoms with van der Waals surface area (Å²) in [6.07, 6.45) is 2.36. The largest absolute Gasteiger partial charge is 0.473 e. The van der Waals surface area contributed by atoms with Crippen LogP contribution < -0.4 is 0 Å². The zero-order valence-corrected chi connectivity index (χ0v) is 17.3. The van der Waals surface area contributed by atoms with Crippen molar-refractivity contribution < 1.29 is 29.3 Å². The molecule has 0 aromatic heterocycles. The molecule has 2 bridgehead atoms. The van der Waals surface area contributed by atoms with E-state index < -0.39 is 17.4 Å². The minimum absolute atomic E-state index is 0.0479. The van der Waals surface area contributed by atoms with E-state index in [1.165, 1.54) is 0 Å². The van der Waals surface area contributed by atoms with Gasteiger partial charge in [0.2, 0.25) is 0 Å². The highest BCUT2D eigenvalue weighted by Gasteiger charge is 2.48. The van der Waals surface area contributed by atoms with Crippen molar-refractivity contribution in [1.29, 1.82) is 0 Å². The first-order chi connectivity index (χ1) is 14.8. The van der Waals surface area contributed by atoms with Gasteiger partial charge < -0.3 is 14.9 Å². The second-order valence-electron chi connectivity index (χ2n) is 8.41. The van der Waals surface area contributed by atoms with Gasteiger partial charge in [-0.15, -0.1) is 0 Å². The maximum atomic E-state index is 13.4. The topological polar surface area (TPSA) is 104 Å². The number of rotatable bonds is 2. The molecule has 0 radical (unpaired) electrons. The van der Waals surface area contributed by atoms with Gasteiger partial charge >= 0.3 is 17.9 Å². The molecule has 3 fully saturated rings. The lowest BCUT2D eigenvalue weighted by Gasteiger charge is -2.44. The van der Waals surface area contributed by atoms with Crippen molar-refractivity contribution in [2.45, 2.75) is 31.3 Å². The van der Waals surface area contributed by atoms with Gasteiger partial charge in [0.25, 0.3) is 0 Å². The quantitative estimate of drug-likeness (QED) is 0.565. The first-order valence-electron chi connectivity index (χ1n) is 10.4. The molecule has 2 N–H and O–H groups in total. The van der Waals surface area contributed by atoms with Gasteiger partial charge in [-0.3, -0.25) is 9.69 Å². The number of ether oxygens (including phenoxy) is 1. The fourth-order valence-corrected chi connectivity index (χ4v) is 4.97. The molecule has 3 aliphatic heterocycles. The van der Waals surface area contributed by atoms with E-state index in [1.807, 2.05) is 31.2 Å². The summed E-state index contributed by atoms with van der Waals surface area (Å²) in [6, 6.07) is 16.5. The Balaban J connectivity index is 0.000000342. The minimum atomic E-state index is -1.82. The molecule has 2 aromatic carbocycles. The van der Waals surface area contributed by atoms with Gasteiger partial charge in [0.1, 0.15) is 11.5 Å². The van der Waals surface area contributed by atoms with Crippen LogP contribution in [0.1, 0.15) is 30.9 Å². The van der Waals surface area contributed by atoms with E-state index in [0.29, 0.717) is 5.92 Å². The van der Waals surface area contributed by atoms with Gasteiger partial charge in [0.15, 0.2) is 0 Å². The molecule has 6 rings (SSSR count). The standard InChI is InChI=1S/C22H23NO2.C2H2O4/c1-22(21(24)25-20-14-23-12-10-15(20)11-13-23)18-8-4-2-6-16(18)17-7-3-5-9-19(17)22;3-1(4)2(5)6/h2-9,15,20H,10-14H2,1H3;(H,3,4)(H,5,6)/t20-;/m0./s1. The van der Waals surface area contributed by atoms with E-state index in [1.54, 1.807) is 0 Å². The minimum Gasteiger partial charge on any atom is -0.473 e. The summed E-state index contributed by atoms with van der Waals surface area (Å²) in [6.45, 7) is 5.24. The zero-order valence-electron chi connectivity index (χ0n) is 17.3. The van der Waals surface area contributed by atoms with Crippen molar-refractivity contribution in [3.05, 3.63) is 59.7 Å². The SMILES string of the molecule is CC1(C(=O)O[C@H]2CN3CCC2CC3)c2ccccc2-c2ccccc21.O=C(O)C(=O)O. The smallest absolute Gasteiger partial charge is 0.414 e. The van der Waals surface area contributed by atoms with E-state index in [0.717, 1.165) is 54.7 Å². The number of carboxylic acid groups (broad SMARTS) is 2. The lowest BCUT2D eigenvalue weighted by atomic mass is 9.79. The molecule has 3 saturated heterocycles. The van der Waals surface area contributed by atoms with Crippen LogP contribution in [0.3, 0.4) is 0 Å². The molecule has 2 aromatic rings. The van der Waals surface area contributed by atoms with E-state index in [9.17, 15) is 4.79 Å². The number of carboxylic acids is 2. The summed E-state index contributed by atoms with van der Waals surface area (Å²) in [4.78, 5) is 34.0. The molecular formula is C24H25NO6. The number of hydrogen-bond acceptors (Lipinski definition) is 5. The lowest BCUT2D eigenvalue weighted by Crippen LogP contribution is -2.53. The molecule has 162 valence electrons. The molecule has 0 spiro atoms. The van der Waals surface area contributed by atoms with E-state index >= 15 is 0 Å². The summed E-state index contributed by atoms with van der Waals surface area (Å²) < 4.78 is 6.15. The Morgan fingerprint density at radius 3 is 1.81 bits per heavy atom. The first kappa shape index (κ1) is 21.1. The van der Waals surface area contributed by atoms with Crippen LogP contribution in [0.4, 0.5) is 0 Å². The predicted molar refractivity (Wildman–Crippen MR) is 113 cm³/mol. The van der Waals surface area contributed by atoms with Crippen molar-refractivity contribution in [3.8, 4) is 11.1 Å². The van der Waals surface area contributed by atoms with Gasteiger partial charge in [0.05, 0.1) is 0 Å². The zero-order chi connectivity index (χ0) is 22.2. The lowest BCUT2D eigenvalue weighted by molar-refractivity contribution is -0.163. The van der Waals surface area contributed by atoms with Crippen LogP contribution in [0.2, 0.25) is 0 Å². The van der Waals surface area contributed by atoms with Crippen LogP contribution >= 0.6 is 0 Å². The normalized spacial score (nSPS) is 24.2. The van der Waals surface area contributed by atoms with Crippen molar-refractivity contribution in [3.63, 3.8) is 0 Å². The number of carbonyl (C=O) groups is 3. The van der Waals surface area contributed by atoms with Crippen LogP contribution in [-0.4, -0.2) is 58.8 Å². The van der Waals surface area contributed by atoms with Crippen molar-refractivity contribution >= 4 is 17.9 Å². The second kappa shape index (κ2) is 8.15. The maximum Gasteiger partial charge on any atom is 0.414 e. The average Bonchev–Trinajstić information content (AvgIpc) is 3.05. The fraction of sp³-hybridized carbons (Fsp3) is 0.375. The summed E-state index contributed by atoms with van der Waals surface area (Å²) >= 11 is 0. The predicted octanol–water partition coefficient (Wildman–Crippen LogP) is 2.77. The number of fused-ring (bicyclic) bond motifs is 6. The Kier molecular flexibility index (Phi) is 5.54. The van der Waals surface area contributed by atoms with Gasteiger partial charge in [-0.2, -0.15) is 0 Å². The van der Waals surface area contributed by atoms with Crippen LogP contribution in [0.15, 0.2) is 48.5 Å². The van der Waals surface area contributed by atoms with Gasteiger partial charge in [0, 0.05) is 6.54 Å². The average molecular weight is 423 g/mol. The molecule has 0 amide bonds. The Hall–Kier alpha value is -3.19. The Bertz CT molecular complexity index is 967. The Morgan fingerprint density at radius 2 is 1.39 bits per heavy atom. The van der Waals surface area contributed by atoms with E-state index in [4.69, 9.17) is 24.5 Å². The molecule has 0 saturated carbocycles. The first-order valence-corrected chi connectivity index (χ1v) is 10.4.